The van der Waals surface area contributed by atoms with E-state index in [1.54, 1.807) is 6.33 Å². The van der Waals surface area contributed by atoms with Crippen molar-refractivity contribution in [3.8, 4) is 0 Å². The highest BCUT2D eigenvalue weighted by Crippen LogP contribution is 2.27. The third kappa shape index (κ3) is 3.83. The number of imidazole rings is 1. The van der Waals surface area contributed by atoms with Crippen molar-refractivity contribution in [1.82, 2.24) is 9.55 Å². The number of nitro benzene ring substituents is 1. The summed E-state index contributed by atoms with van der Waals surface area (Å²) in [4.78, 5) is 14.9. The minimum Gasteiger partial charge on any atom is -0.379 e. The van der Waals surface area contributed by atoms with E-state index in [1.165, 1.54) is 12.1 Å². The number of para-hydroxylation sites is 2. The molecule has 8 nitrogen and oxygen atoms in total. The zero-order valence-electron chi connectivity index (χ0n) is 14.1. The molecule has 0 aliphatic heterocycles. The summed E-state index contributed by atoms with van der Waals surface area (Å²) in [7, 11) is -3.49. The highest BCUT2D eigenvalue weighted by atomic mass is 32.2. The second kappa shape index (κ2) is 7.12. The summed E-state index contributed by atoms with van der Waals surface area (Å²) in [5.74, 6) is 0. The maximum absolute atomic E-state index is 11.6. The standard InChI is InChI=1S/C17H18N4O4S/c1-26(24,25)13-7-8-15(17(11-13)21(22)23)18-9-4-10-20-12-19-14-5-2-3-6-16(14)20/h2-3,5-8,11-12,18H,4,9-10H2,1H3. The van der Waals surface area contributed by atoms with Crippen LogP contribution >= 0.6 is 0 Å². The Hall–Kier alpha value is -2.94. The molecule has 1 heterocycles. The first-order valence-electron chi connectivity index (χ1n) is 7.98. The number of nitro groups is 1. The van der Waals surface area contributed by atoms with Crippen molar-refractivity contribution >= 4 is 32.2 Å². The zero-order chi connectivity index (χ0) is 18.7. The first-order chi connectivity index (χ1) is 12.4. The molecule has 0 bridgehead atoms. The molecule has 0 spiro atoms. The number of benzene rings is 2. The third-order valence-electron chi connectivity index (χ3n) is 4.01. The van der Waals surface area contributed by atoms with Gasteiger partial charge in [-0.1, -0.05) is 12.1 Å². The Kier molecular flexibility index (Phi) is 4.90. The average Bonchev–Trinajstić information content (AvgIpc) is 3.01. The number of rotatable bonds is 7. The molecular formula is C17H18N4O4S. The van der Waals surface area contributed by atoms with E-state index in [4.69, 9.17) is 0 Å². The summed E-state index contributed by atoms with van der Waals surface area (Å²) in [5.41, 5.74) is 2.02. The van der Waals surface area contributed by atoms with Gasteiger partial charge in [0.05, 0.1) is 27.2 Å². The number of hydrogen-bond acceptors (Lipinski definition) is 6. The molecule has 0 aliphatic rings. The summed E-state index contributed by atoms with van der Waals surface area (Å²) in [6, 6.07) is 11.7. The van der Waals surface area contributed by atoms with E-state index >= 15 is 0 Å². The van der Waals surface area contributed by atoms with Gasteiger partial charge < -0.3 is 9.88 Å². The van der Waals surface area contributed by atoms with Gasteiger partial charge in [0.1, 0.15) is 5.69 Å². The topological polar surface area (TPSA) is 107 Å². The van der Waals surface area contributed by atoms with Crippen LogP contribution in [0.2, 0.25) is 0 Å². The van der Waals surface area contributed by atoms with Gasteiger partial charge in [0.15, 0.2) is 9.84 Å². The molecule has 2 aromatic carbocycles. The first kappa shape index (κ1) is 17.9. The lowest BCUT2D eigenvalue weighted by Crippen LogP contribution is -2.08. The molecule has 9 heteroatoms. The fourth-order valence-corrected chi connectivity index (χ4v) is 3.34. The van der Waals surface area contributed by atoms with Gasteiger partial charge >= 0.3 is 0 Å². The van der Waals surface area contributed by atoms with Crippen molar-refractivity contribution in [2.75, 3.05) is 18.1 Å². The fraction of sp³-hybridized carbons (Fsp3) is 0.235. The Labute approximate surface area is 150 Å². The Morgan fingerprint density at radius 1 is 1.23 bits per heavy atom. The SMILES string of the molecule is CS(=O)(=O)c1ccc(NCCCn2cnc3ccccc32)c([N+](=O)[O-])c1. The van der Waals surface area contributed by atoms with Crippen molar-refractivity contribution in [2.24, 2.45) is 0 Å². The van der Waals surface area contributed by atoms with Gasteiger partial charge in [-0.3, -0.25) is 10.1 Å². The molecule has 0 unspecified atom stereocenters. The number of nitrogens with one attached hydrogen (secondary N) is 1. The van der Waals surface area contributed by atoms with Crippen molar-refractivity contribution < 1.29 is 13.3 Å². The molecule has 0 atom stereocenters. The van der Waals surface area contributed by atoms with Gasteiger partial charge in [-0.25, -0.2) is 13.4 Å². The van der Waals surface area contributed by atoms with E-state index in [2.05, 4.69) is 10.3 Å². The predicted octanol–water partition coefficient (Wildman–Crippen LogP) is 2.85. The van der Waals surface area contributed by atoms with Crippen LogP contribution in [0, 0.1) is 10.1 Å². The maximum Gasteiger partial charge on any atom is 0.293 e. The fourth-order valence-electron chi connectivity index (χ4n) is 2.70. The quantitative estimate of drug-likeness (QED) is 0.387. The number of sulfone groups is 1. The van der Waals surface area contributed by atoms with E-state index in [0.29, 0.717) is 18.8 Å². The second-order valence-electron chi connectivity index (χ2n) is 5.92. The van der Waals surface area contributed by atoms with Gasteiger partial charge in [-0.15, -0.1) is 0 Å². The highest BCUT2D eigenvalue weighted by Gasteiger charge is 2.18. The highest BCUT2D eigenvalue weighted by molar-refractivity contribution is 7.90. The van der Waals surface area contributed by atoms with Gasteiger partial charge in [0.25, 0.3) is 5.69 Å². The number of fused-ring (bicyclic) bond motifs is 1. The molecule has 0 fully saturated rings. The third-order valence-corrected chi connectivity index (χ3v) is 5.12. The number of aryl methyl sites for hydroxylation is 1. The summed E-state index contributed by atoms with van der Waals surface area (Å²) in [5, 5.41) is 14.2. The first-order valence-corrected chi connectivity index (χ1v) is 9.87. The van der Waals surface area contributed by atoms with Crippen LogP contribution in [0.4, 0.5) is 11.4 Å². The van der Waals surface area contributed by atoms with E-state index in [1.807, 2.05) is 28.8 Å². The molecule has 1 aromatic heterocycles. The molecule has 0 aliphatic carbocycles. The van der Waals surface area contributed by atoms with Crippen LogP contribution in [0.1, 0.15) is 6.42 Å². The van der Waals surface area contributed by atoms with Crippen LogP contribution in [-0.2, 0) is 16.4 Å². The normalized spacial score (nSPS) is 11.6. The minimum absolute atomic E-state index is 0.0698. The van der Waals surface area contributed by atoms with Gasteiger partial charge in [-0.2, -0.15) is 0 Å². The predicted molar refractivity (Wildman–Crippen MR) is 99.0 cm³/mol. The summed E-state index contributed by atoms with van der Waals surface area (Å²) < 4.78 is 25.2. The molecule has 1 N–H and O–H groups in total. The zero-order valence-corrected chi connectivity index (χ0v) is 14.9. The van der Waals surface area contributed by atoms with Crippen molar-refractivity contribution in [3.63, 3.8) is 0 Å². The lowest BCUT2D eigenvalue weighted by atomic mass is 10.2. The van der Waals surface area contributed by atoms with Crippen LogP contribution in [-0.4, -0.2) is 35.7 Å². The molecule has 0 saturated heterocycles. The molecule has 136 valence electrons. The summed E-state index contributed by atoms with van der Waals surface area (Å²) in [6.45, 7) is 1.22. The Bertz CT molecular complexity index is 1060. The van der Waals surface area contributed by atoms with E-state index in [9.17, 15) is 18.5 Å². The molecule has 0 amide bonds. The minimum atomic E-state index is -3.49. The number of hydrogen-bond donors (Lipinski definition) is 1. The molecule has 0 radical (unpaired) electrons. The van der Waals surface area contributed by atoms with Crippen molar-refractivity contribution in [1.29, 1.82) is 0 Å². The second-order valence-corrected chi connectivity index (χ2v) is 7.93. The van der Waals surface area contributed by atoms with Crippen LogP contribution < -0.4 is 5.32 Å². The summed E-state index contributed by atoms with van der Waals surface area (Å²) in [6.07, 6.45) is 3.52. The van der Waals surface area contributed by atoms with Crippen molar-refractivity contribution in [2.45, 2.75) is 17.9 Å². The maximum atomic E-state index is 11.6. The van der Waals surface area contributed by atoms with Crippen molar-refractivity contribution in [3.05, 3.63) is 58.9 Å². The Morgan fingerprint density at radius 3 is 2.73 bits per heavy atom. The average molecular weight is 374 g/mol. The van der Waals surface area contributed by atoms with Gasteiger partial charge in [0, 0.05) is 25.4 Å². The summed E-state index contributed by atoms with van der Waals surface area (Å²) >= 11 is 0. The van der Waals surface area contributed by atoms with E-state index in [0.717, 1.165) is 29.8 Å². The lowest BCUT2D eigenvalue weighted by molar-refractivity contribution is -0.384. The lowest BCUT2D eigenvalue weighted by Gasteiger charge is -2.09. The van der Waals surface area contributed by atoms with Gasteiger partial charge in [0.2, 0.25) is 0 Å². The van der Waals surface area contributed by atoms with Crippen LogP contribution in [0.5, 0.6) is 0 Å². The number of anilines is 1. The molecule has 3 aromatic rings. The molecule has 0 saturated carbocycles. The van der Waals surface area contributed by atoms with Crippen LogP contribution in [0.15, 0.2) is 53.7 Å². The van der Waals surface area contributed by atoms with E-state index < -0.39 is 14.8 Å². The smallest absolute Gasteiger partial charge is 0.293 e. The number of aromatic nitrogens is 2. The Morgan fingerprint density at radius 2 is 2.00 bits per heavy atom. The Balaban J connectivity index is 1.67. The monoisotopic (exact) mass is 374 g/mol. The van der Waals surface area contributed by atoms with Crippen LogP contribution in [0.3, 0.4) is 0 Å². The van der Waals surface area contributed by atoms with Gasteiger partial charge in [-0.05, 0) is 30.7 Å². The van der Waals surface area contributed by atoms with Crippen LogP contribution in [0.25, 0.3) is 11.0 Å². The number of nitrogens with zero attached hydrogens (tertiary/aromatic N) is 3. The molecule has 3 rings (SSSR count). The largest absolute Gasteiger partial charge is 0.379 e. The van der Waals surface area contributed by atoms with E-state index in [-0.39, 0.29) is 10.6 Å². The molecule has 26 heavy (non-hydrogen) atoms. The molecular weight excluding hydrogens is 356 g/mol.